The molecule has 0 N–H and O–H groups in total. The standard InChI is InChI=1S/C75H71N5/c1-71(2,3)50-29-33-60-56(39-50)57-40-51(72(4,5)6)30-34-61(57)78(60)66-43-67(79-62-35-31-52(73(7,8)9)41-58(62)59-42-53(74(10,11)12)32-36-63(59)79)69(49-24-20-22-47(38-49)45-77)70(68(66)48-23-19-21-46(37-48)44-76)75(13,14)80-64-27-17-15-25-54(64)55-26-16-18-28-65(55)80/h15-43H,1-14H3. The van der Waals surface area contributed by atoms with E-state index in [1.165, 1.54) is 54.6 Å². The van der Waals surface area contributed by atoms with Gasteiger partial charge in [0.25, 0.3) is 0 Å². The van der Waals surface area contributed by atoms with E-state index in [-0.39, 0.29) is 21.7 Å². The molecule has 5 heteroatoms. The summed E-state index contributed by atoms with van der Waals surface area (Å²) in [6.07, 6.45) is 0. The lowest BCUT2D eigenvalue weighted by atomic mass is 9.78. The maximum absolute atomic E-state index is 10.9. The topological polar surface area (TPSA) is 62.4 Å². The molecule has 80 heavy (non-hydrogen) atoms. The predicted molar refractivity (Wildman–Crippen MR) is 338 cm³/mol. The number of rotatable bonds is 6. The summed E-state index contributed by atoms with van der Waals surface area (Å²) in [4.78, 5) is 0. The summed E-state index contributed by atoms with van der Waals surface area (Å²) in [5.41, 5.74) is 18.4. The summed E-state index contributed by atoms with van der Waals surface area (Å²) in [6, 6.07) is 69.8. The fourth-order valence-electron chi connectivity index (χ4n) is 12.8. The molecular formula is C75H71N5. The predicted octanol–water partition coefficient (Wildman–Crippen LogP) is 20.0. The highest BCUT2D eigenvalue weighted by Gasteiger charge is 2.38. The maximum atomic E-state index is 10.9. The fraction of sp³-hybridized carbons (Fsp3) is 0.253. The lowest BCUT2D eigenvalue weighted by Gasteiger charge is -2.37. The van der Waals surface area contributed by atoms with Crippen LogP contribution in [0.5, 0.6) is 0 Å². The van der Waals surface area contributed by atoms with Gasteiger partial charge in [-0.1, -0.05) is 168 Å². The molecule has 12 rings (SSSR count). The van der Waals surface area contributed by atoms with Crippen molar-refractivity contribution in [3.05, 3.63) is 215 Å². The van der Waals surface area contributed by atoms with Gasteiger partial charge >= 0.3 is 0 Å². The zero-order valence-electron chi connectivity index (χ0n) is 49.0. The molecule has 0 aliphatic rings. The summed E-state index contributed by atoms with van der Waals surface area (Å²) < 4.78 is 7.58. The van der Waals surface area contributed by atoms with Crippen LogP contribution in [0.1, 0.15) is 136 Å². The van der Waals surface area contributed by atoms with E-state index in [1.54, 1.807) is 0 Å². The van der Waals surface area contributed by atoms with Gasteiger partial charge in [0.15, 0.2) is 0 Å². The SMILES string of the molecule is CC(C)(C)c1ccc2c(c1)c1cc(C(C)(C)C)ccc1n2-c1cc(-n2c3ccc(C(C)(C)C)cc3c3cc(C(C)(C)C)ccc32)c(-c2cccc(C#N)c2)c(C(C)(C)n2c3ccccc3c3ccccc32)c1-c1cccc(C#N)c1. The highest BCUT2D eigenvalue weighted by atomic mass is 15.1. The first-order valence-corrected chi connectivity index (χ1v) is 28.3. The van der Waals surface area contributed by atoms with E-state index in [9.17, 15) is 10.5 Å². The minimum Gasteiger partial charge on any atom is -0.331 e. The lowest BCUT2D eigenvalue weighted by Crippen LogP contribution is -2.30. The Hall–Kier alpha value is -8.64. The number of aromatic nitrogens is 3. The molecule has 0 unspecified atom stereocenters. The maximum Gasteiger partial charge on any atom is 0.0991 e. The van der Waals surface area contributed by atoms with Crippen LogP contribution in [0.4, 0.5) is 0 Å². The van der Waals surface area contributed by atoms with Crippen LogP contribution in [0.15, 0.2) is 176 Å². The number of benzene rings is 9. The van der Waals surface area contributed by atoms with Crippen molar-refractivity contribution >= 4 is 65.4 Å². The Morgan fingerprint density at radius 1 is 0.312 bits per heavy atom. The van der Waals surface area contributed by atoms with Crippen molar-refractivity contribution in [1.82, 2.24) is 13.7 Å². The van der Waals surface area contributed by atoms with Gasteiger partial charge in [-0.15, -0.1) is 0 Å². The van der Waals surface area contributed by atoms with E-state index in [4.69, 9.17) is 0 Å². The molecule has 0 saturated heterocycles. The van der Waals surface area contributed by atoms with Crippen LogP contribution in [0.2, 0.25) is 0 Å². The van der Waals surface area contributed by atoms with Crippen molar-refractivity contribution in [2.45, 2.75) is 124 Å². The highest BCUT2D eigenvalue weighted by Crippen LogP contribution is 2.53. The third-order valence-electron chi connectivity index (χ3n) is 17.1. The van der Waals surface area contributed by atoms with Gasteiger partial charge in [-0.05, 0) is 165 Å². The minimum atomic E-state index is -0.849. The second-order valence-electron chi connectivity index (χ2n) is 27.0. The van der Waals surface area contributed by atoms with E-state index in [1.807, 2.05) is 24.3 Å². The van der Waals surface area contributed by atoms with E-state index in [0.717, 1.165) is 72.3 Å². The molecule has 0 atom stereocenters. The zero-order valence-corrected chi connectivity index (χ0v) is 49.0. The number of para-hydroxylation sites is 2. The van der Waals surface area contributed by atoms with Crippen molar-refractivity contribution in [3.8, 4) is 45.8 Å². The molecule has 396 valence electrons. The van der Waals surface area contributed by atoms with E-state index in [0.29, 0.717) is 11.1 Å². The van der Waals surface area contributed by atoms with Crippen molar-refractivity contribution < 1.29 is 0 Å². The molecule has 12 aromatic rings. The summed E-state index contributed by atoms with van der Waals surface area (Å²) in [5, 5.41) is 28.8. The number of fused-ring (bicyclic) bond motifs is 9. The third kappa shape index (κ3) is 8.32. The minimum absolute atomic E-state index is 0.102. The van der Waals surface area contributed by atoms with Crippen LogP contribution in [0.25, 0.3) is 99.0 Å². The van der Waals surface area contributed by atoms with Gasteiger partial charge in [-0.3, -0.25) is 0 Å². The molecular weight excluding hydrogens is 971 g/mol. The Morgan fingerprint density at radius 2 is 0.637 bits per heavy atom. The van der Waals surface area contributed by atoms with Gasteiger partial charge in [0, 0.05) is 54.5 Å². The summed E-state index contributed by atoms with van der Waals surface area (Å²) in [7, 11) is 0. The van der Waals surface area contributed by atoms with Crippen LogP contribution in [-0.2, 0) is 27.2 Å². The number of hydrogen-bond acceptors (Lipinski definition) is 2. The molecule has 0 saturated carbocycles. The van der Waals surface area contributed by atoms with Crippen molar-refractivity contribution in [2.75, 3.05) is 0 Å². The molecule has 0 fully saturated rings. The van der Waals surface area contributed by atoms with E-state index >= 15 is 0 Å². The smallest absolute Gasteiger partial charge is 0.0991 e. The van der Waals surface area contributed by atoms with Crippen molar-refractivity contribution in [1.29, 1.82) is 10.5 Å². The van der Waals surface area contributed by atoms with Gasteiger partial charge in [-0.25, -0.2) is 0 Å². The molecule has 5 nitrogen and oxygen atoms in total. The fourth-order valence-corrected chi connectivity index (χ4v) is 12.8. The van der Waals surface area contributed by atoms with E-state index < -0.39 is 5.54 Å². The van der Waals surface area contributed by atoms with Crippen LogP contribution in [0.3, 0.4) is 0 Å². The molecule has 0 spiro atoms. The number of hydrogen-bond donors (Lipinski definition) is 0. The quantitative estimate of drug-likeness (QED) is 0.167. The monoisotopic (exact) mass is 1040 g/mol. The second kappa shape index (κ2) is 18.2. The molecule has 0 radical (unpaired) electrons. The average Bonchev–Trinajstić information content (AvgIpc) is 4.27. The first-order chi connectivity index (χ1) is 37.9. The van der Waals surface area contributed by atoms with E-state index in [2.05, 4.69) is 274 Å². The lowest BCUT2D eigenvalue weighted by molar-refractivity contribution is 0.467. The number of nitriles is 2. The summed E-state index contributed by atoms with van der Waals surface area (Å²) >= 11 is 0. The normalized spacial score (nSPS) is 12.8. The molecule has 0 bridgehead atoms. The van der Waals surface area contributed by atoms with Gasteiger partial charge in [-0.2, -0.15) is 10.5 Å². The van der Waals surface area contributed by atoms with Crippen LogP contribution >= 0.6 is 0 Å². The zero-order chi connectivity index (χ0) is 56.6. The van der Waals surface area contributed by atoms with Gasteiger partial charge in [0.2, 0.25) is 0 Å². The molecule has 3 heterocycles. The summed E-state index contributed by atoms with van der Waals surface area (Å²) in [5.74, 6) is 0. The Bertz CT molecular complexity index is 4190. The van der Waals surface area contributed by atoms with Crippen LogP contribution < -0.4 is 0 Å². The first kappa shape index (κ1) is 52.1. The first-order valence-electron chi connectivity index (χ1n) is 28.3. The Kier molecular flexibility index (Phi) is 11.9. The Balaban J connectivity index is 1.39. The Morgan fingerprint density at radius 3 is 0.950 bits per heavy atom. The van der Waals surface area contributed by atoms with Crippen LogP contribution in [0, 0.1) is 22.7 Å². The van der Waals surface area contributed by atoms with Crippen LogP contribution in [-0.4, -0.2) is 13.7 Å². The van der Waals surface area contributed by atoms with Crippen molar-refractivity contribution in [3.63, 3.8) is 0 Å². The Labute approximate surface area is 472 Å². The van der Waals surface area contributed by atoms with Gasteiger partial charge in [0.05, 0.1) is 62.2 Å². The molecule has 0 amide bonds. The molecule has 3 aromatic heterocycles. The second-order valence-corrected chi connectivity index (χ2v) is 27.0. The third-order valence-corrected chi connectivity index (χ3v) is 17.1. The highest BCUT2D eigenvalue weighted by molar-refractivity contribution is 6.14. The molecule has 9 aromatic carbocycles. The molecule has 0 aliphatic heterocycles. The van der Waals surface area contributed by atoms with Gasteiger partial charge < -0.3 is 13.7 Å². The molecule has 0 aliphatic carbocycles. The summed E-state index contributed by atoms with van der Waals surface area (Å²) in [6.45, 7) is 32.3. The number of nitrogens with zero attached hydrogens (tertiary/aromatic N) is 5. The van der Waals surface area contributed by atoms with Gasteiger partial charge in [0.1, 0.15) is 0 Å². The average molecular weight is 1040 g/mol. The van der Waals surface area contributed by atoms with Crippen molar-refractivity contribution in [2.24, 2.45) is 0 Å². The largest absolute Gasteiger partial charge is 0.331 e.